The van der Waals surface area contributed by atoms with E-state index in [9.17, 15) is 14.7 Å². The number of thioether (sulfide) groups is 1. The number of amides is 1. The number of benzene rings is 1. The van der Waals surface area contributed by atoms with Crippen LogP contribution in [-0.4, -0.2) is 39.1 Å². The fourth-order valence-corrected chi connectivity index (χ4v) is 3.85. The van der Waals surface area contributed by atoms with Gasteiger partial charge in [0.25, 0.3) is 5.91 Å². The number of carbonyl (C=O) groups is 2. The maximum atomic E-state index is 12.3. The molecule has 108 valence electrons. The smallest absolute Gasteiger partial charge is 0.352 e. The zero-order valence-corrected chi connectivity index (χ0v) is 12.0. The number of carbonyl (C=O) groups excluding carboxylic acids is 1. The zero-order chi connectivity index (χ0) is 15.0. The van der Waals surface area contributed by atoms with Crippen molar-refractivity contribution in [1.29, 1.82) is 0 Å². The summed E-state index contributed by atoms with van der Waals surface area (Å²) in [5.41, 5.74) is 1.51. The van der Waals surface area contributed by atoms with Gasteiger partial charge in [0, 0.05) is 11.4 Å². The molecule has 0 bridgehead atoms. The molecule has 0 spiro atoms. The van der Waals surface area contributed by atoms with Crippen LogP contribution in [0.5, 0.6) is 0 Å². The molecule has 1 amide bonds. The molecule has 0 radical (unpaired) electrons. The van der Waals surface area contributed by atoms with Crippen molar-refractivity contribution in [2.75, 3.05) is 11.1 Å². The van der Waals surface area contributed by atoms with Gasteiger partial charge >= 0.3 is 5.97 Å². The van der Waals surface area contributed by atoms with Crippen molar-refractivity contribution < 1.29 is 14.7 Å². The van der Waals surface area contributed by atoms with Crippen molar-refractivity contribution in [3.63, 3.8) is 0 Å². The van der Waals surface area contributed by atoms with Crippen LogP contribution in [-0.2, 0) is 9.59 Å². The third kappa shape index (κ3) is 2.21. The van der Waals surface area contributed by atoms with Gasteiger partial charge < -0.3 is 10.4 Å². The Morgan fingerprint density at radius 3 is 2.76 bits per heavy atom. The minimum absolute atomic E-state index is 0.0601. The van der Waals surface area contributed by atoms with Crippen molar-refractivity contribution in [3.05, 3.63) is 54.3 Å². The van der Waals surface area contributed by atoms with Crippen molar-refractivity contribution >= 4 is 29.3 Å². The second-order valence-electron chi connectivity index (χ2n) is 4.78. The highest BCUT2D eigenvalue weighted by molar-refractivity contribution is 8.00. The van der Waals surface area contributed by atoms with Crippen LogP contribution >= 0.6 is 11.8 Å². The molecule has 0 saturated carbocycles. The molecule has 2 atom stereocenters. The molecule has 1 saturated heterocycles. The number of nitrogens with one attached hydrogen (secondary N) is 1. The van der Waals surface area contributed by atoms with Gasteiger partial charge in [0.1, 0.15) is 17.1 Å². The van der Waals surface area contributed by atoms with E-state index in [2.05, 4.69) is 11.9 Å². The molecule has 2 aliphatic rings. The van der Waals surface area contributed by atoms with Crippen molar-refractivity contribution in [3.8, 4) is 0 Å². The van der Waals surface area contributed by atoms with Crippen LogP contribution < -0.4 is 5.32 Å². The topological polar surface area (TPSA) is 69.6 Å². The van der Waals surface area contributed by atoms with Crippen molar-refractivity contribution in [2.45, 2.75) is 11.4 Å². The van der Waals surface area contributed by atoms with Gasteiger partial charge in [0.2, 0.25) is 0 Å². The molecule has 0 aliphatic carbocycles. The minimum atomic E-state index is -1.08. The zero-order valence-electron chi connectivity index (χ0n) is 11.2. The third-order valence-corrected chi connectivity index (χ3v) is 4.84. The second kappa shape index (κ2) is 5.29. The van der Waals surface area contributed by atoms with Crippen LogP contribution in [0.2, 0.25) is 0 Å². The lowest BCUT2D eigenvalue weighted by Gasteiger charge is -2.49. The predicted octanol–water partition coefficient (Wildman–Crippen LogP) is 1.91. The van der Waals surface area contributed by atoms with E-state index < -0.39 is 12.0 Å². The van der Waals surface area contributed by atoms with E-state index >= 15 is 0 Å². The number of fused-ring (bicyclic) bond motifs is 1. The quantitative estimate of drug-likeness (QED) is 0.832. The van der Waals surface area contributed by atoms with Crippen LogP contribution in [0.1, 0.15) is 0 Å². The summed E-state index contributed by atoms with van der Waals surface area (Å²) in [4.78, 5) is 25.0. The van der Waals surface area contributed by atoms with E-state index in [1.165, 1.54) is 11.0 Å². The Balaban J connectivity index is 1.84. The fraction of sp³-hybridized carbons (Fsp3) is 0.200. The molecule has 6 heteroatoms. The summed E-state index contributed by atoms with van der Waals surface area (Å²) in [6, 6.07) is 9.04. The summed E-state index contributed by atoms with van der Waals surface area (Å²) >= 11 is 1.55. The summed E-state index contributed by atoms with van der Waals surface area (Å²) < 4.78 is 0. The Morgan fingerprint density at radius 1 is 1.43 bits per heavy atom. The maximum absolute atomic E-state index is 12.3. The lowest BCUT2D eigenvalue weighted by atomic mass is 10.0. The van der Waals surface area contributed by atoms with E-state index in [4.69, 9.17) is 0 Å². The SMILES string of the molecule is C=CC1=C(C(=O)O)N2C(=O)C(Nc3ccccc3)[C@H]2SC1. The Kier molecular flexibility index (Phi) is 3.47. The van der Waals surface area contributed by atoms with Crippen LogP contribution in [0.25, 0.3) is 0 Å². The number of β-lactam (4-membered cyclic amide) rings is 1. The minimum Gasteiger partial charge on any atom is -0.477 e. The number of rotatable bonds is 4. The molecule has 21 heavy (non-hydrogen) atoms. The molecule has 1 fully saturated rings. The molecular weight excluding hydrogens is 288 g/mol. The van der Waals surface area contributed by atoms with E-state index in [0.717, 1.165) is 5.69 Å². The molecule has 2 heterocycles. The Labute approximate surface area is 126 Å². The molecule has 5 nitrogen and oxygen atoms in total. The molecule has 1 aromatic carbocycles. The largest absolute Gasteiger partial charge is 0.477 e. The number of hydrogen-bond donors (Lipinski definition) is 2. The first kappa shape index (κ1) is 13.8. The number of allylic oxidation sites excluding steroid dienone is 1. The fourth-order valence-electron chi connectivity index (χ4n) is 2.51. The Morgan fingerprint density at radius 2 is 2.14 bits per heavy atom. The van der Waals surface area contributed by atoms with Crippen molar-refractivity contribution in [2.24, 2.45) is 0 Å². The molecular formula is C15H14N2O3S. The summed E-state index contributed by atoms with van der Waals surface area (Å²) in [7, 11) is 0. The Bertz CT molecular complexity index is 642. The lowest BCUT2D eigenvalue weighted by Crippen LogP contribution is -2.67. The van der Waals surface area contributed by atoms with Gasteiger partial charge in [0.15, 0.2) is 0 Å². The van der Waals surface area contributed by atoms with Crippen LogP contribution in [0.4, 0.5) is 5.69 Å². The molecule has 0 aromatic heterocycles. The van der Waals surface area contributed by atoms with Crippen molar-refractivity contribution in [1.82, 2.24) is 4.90 Å². The van der Waals surface area contributed by atoms with Crippen LogP contribution in [0.3, 0.4) is 0 Å². The number of carboxylic acid groups (broad SMARTS) is 1. The van der Waals surface area contributed by atoms with Gasteiger partial charge in [-0.1, -0.05) is 30.9 Å². The van der Waals surface area contributed by atoms with Gasteiger partial charge in [0.05, 0.1) is 0 Å². The van der Waals surface area contributed by atoms with Gasteiger partial charge in [-0.15, -0.1) is 11.8 Å². The molecule has 2 N–H and O–H groups in total. The highest BCUT2D eigenvalue weighted by atomic mass is 32.2. The highest BCUT2D eigenvalue weighted by Gasteiger charge is 2.53. The van der Waals surface area contributed by atoms with E-state index in [0.29, 0.717) is 11.3 Å². The third-order valence-electron chi connectivity index (χ3n) is 3.54. The number of carboxylic acids is 1. The van der Waals surface area contributed by atoms with Gasteiger partial charge in [-0.3, -0.25) is 9.69 Å². The molecule has 1 aromatic rings. The number of anilines is 1. The van der Waals surface area contributed by atoms with Crippen LogP contribution in [0, 0.1) is 0 Å². The summed E-state index contributed by atoms with van der Waals surface area (Å²) in [6.07, 6.45) is 1.51. The van der Waals surface area contributed by atoms with Crippen LogP contribution in [0.15, 0.2) is 54.3 Å². The van der Waals surface area contributed by atoms with E-state index in [1.807, 2.05) is 30.3 Å². The highest BCUT2D eigenvalue weighted by Crippen LogP contribution is 2.41. The second-order valence-corrected chi connectivity index (χ2v) is 5.89. The molecule has 3 rings (SSSR count). The average molecular weight is 302 g/mol. The summed E-state index contributed by atoms with van der Waals surface area (Å²) in [5.74, 6) is -0.749. The van der Waals surface area contributed by atoms with E-state index in [1.54, 1.807) is 11.8 Å². The first-order valence-electron chi connectivity index (χ1n) is 6.48. The number of para-hydroxylation sites is 1. The standard InChI is InChI=1S/C15H14N2O3S/c1-2-9-8-21-14-11(16-10-6-4-3-5-7-10)13(18)17(14)12(9)15(19)20/h2-7,11,14,16H,1,8H2,(H,19,20)/t11?,14-/m1/s1. The first-order valence-corrected chi connectivity index (χ1v) is 7.53. The van der Waals surface area contributed by atoms with E-state index in [-0.39, 0.29) is 17.0 Å². The monoisotopic (exact) mass is 302 g/mol. The number of aliphatic carboxylic acids is 1. The number of hydrogen-bond acceptors (Lipinski definition) is 4. The van der Waals surface area contributed by atoms with Gasteiger partial charge in [-0.2, -0.15) is 0 Å². The maximum Gasteiger partial charge on any atom is 0.352 e. The summed E-state index contributed by atoms with van der Waals surface area (Å²) in [5, 5.41) is 12.3. The molecule has 1 unspecified atom stereocenters. The molecule has 2 aliphatic heterocycles. The summed E-state index contributed by atoms with van der Waals surface area (Å²) in [6.45, 7) is 3.62. The van der Waals surface area contributed by atoms with Gasteiger partial charge in [-0.25, -0.2) is 4.79 Å². The number of nitrogens with zero attached hydrogens (tertiary/aromatic N) is 1. The normalized spacial score (nSPS) is 24.2. The first-order chi connectivity index (χ1) is 10.1. The lowest BCUT2D eigenvalue weighted by molar-refractivity contribution is -0.147. The van der Waals surface area contributed by atoms with Gasteiger partial charge in [-0.05, 0) is 17.7 Å². The Hall–Kier alpha value is -2.21. The predicted molar refractivity (Wildman–Crippen MR) is 81.8 cm³/mol. The average Bonchev–Trinajstić information content (AvgIpc) is 2.51.